The highest BCUT2D eigenvalue weighted by molar-refractivity contribution is 5.16. The van der Waals surface area contributed by atoms with Gasteiger partial charge in [-0.3, -0.25) is 4.98 Å². The summed E-state index contributed by atoms with van der Waals surface area (Å²) in [4.78, 5) is 4.29. The summed E-state index contributed by atoms with van der Waals surface area (Å²) in [5, 5.41) is 0. The Morgan fingerprint density at radius 3 is 1.89 bits per heavy atom. The number of pyridine rings is 1. The molecule has 0 atom stereocenters. The van der Waals surface area contributed by atoms with E-state index in [1.54, 1.807) is 0 Å². The summed E-state index contributed by atoms with van der Waals surface area (Å²) in [6, 6.07) is 16.6. The molecule has 0 radical (unpaired) electrons. The van der Waals surface area contributed by atoms with Crippen molar-refractivity contribution in [1.82, 2.24) is 4.98 Å². The molecule has 0 aliphatic carbocycles. The molecular formula is C17H25N. The average molecular weight is 243 g/mol. The highest BCUT2D eigenvalue weighted by Crippen LogP contribution is 2.04. The van der Waals surface area contributed by atoms with Crippen molar-refractivity contribution in [1.29, 1.82) is 0 Å². The van der Waals surface area contributed by atoms with Crippen LogP contribution in [-0.2, 0) is 12.8 Å². The van der Waals surface area contributed by atoms with Crippen LogP contribution in [0.3, 0.4) is 0 Å². The van der Waals surface area contributed by atoms with Gasteiger partial charge in [-0.15, -0.1) is 0 Å². The van der Waals surface area contributed by atoms with E-state index in [4.69, 9.17) is 0 Å². The fourth-order valence-electron chi connectivity index (χ4n) is 1.46. The number of aromatic nitrogens is 1. The summed E-state index contributed by atoms with van der Waals surface area (Å²) < 4.78 is 0. The van der Waals surface area contributed by atoms with Gasteiger partial charge < -0.3 is 0 Å². The van der Waals surface area contributed by atoms with Crippen molar-refractivity contribution < 1.29 is 0 Å². The third kappa shape index (κ3) is 6.85. The van der Waals surface area contributed by atoms with Gasteiger partial charge in [-0.2, -0.15) is 0 Å². The quantitative estimate of drug-likeness (QED) is 0.745. The molecule has 1 heterocycles. The van der Waals surface area contributed by atoms with E-state index in [9.17, 15) is 0 Å². The lowest BCUT2D eigenvalue weighted by Crippen LogP contribution is -1.92. The average Bonchev–Trinajstić information content (AvgIpc) is 2.51. The van der Waals surface area contributed by atoms with Crippen LogP contribution < -0.4 is 0 Å². The van der Waals surface area contributed by atoms with Crippen LogP contribution in [0.5, 0.6) is 0 Å². The van der Waals surface area contributed by atoms with Crippen molar-refractivity contribution in [3.8, 4) is 0 Å². The third-order valence-electron chi connectivity index (χ3n) is 2.24. The number of hydrogen-bond donors (Lipinski definition) is 0. The normalized spacial score (nSPS) is 8.44. The molecule has 0 fully saturated rings. The van der Waals surface area contributed by atoms with Crippen molar-refractivity contribution in [2.24, 2.45) is 0 Å². The van der Waals surface area contributed by atoms with Gasteiger partial charge in [0.15, 0.2) is 0 Å². The van der Waals surface area contributed by atoms with Gasteiger partial charge in [0.25, 0.3) is 0 Å². The second kappa shape index (κ2) is 11.8. The van der Waals surface area contributed by atoms with Gasteiger partial charge in [-0.1, -0.05) is 64.1 Å². The van der Waals surface area contributed by atoms with Crippen molar-refractivity contribution in [3.05, 3.63) is 66.0 Å². The van der Waals surface area contributed by atoms with E-state index >= 15 is 0 Å². The maximum atomic E-state index is 4.29. The van der Waals surface area contributed by atoms with Crippen LogP contribution in [0.2, 0.25) is 0 Å². The minimum atomic E-state index is 1.02. The standard InChI is InChI=1S/C13H13N.2C2H6/c1-2-6-12(7-3-1)9-10-13-8-4-5-11-14-13;2*1-2/h1-8,11H,9-10H2;2*1-2H3. The zero-order valence-corrected chi connectivity index (χ0v) is 12.1. The monoisotopic (exact) mass is 243 g/mol. The van der Waals surface area contributed by atoms with Crippen molar-refractivity contribution in [3.63, 3.8) is 0 Å². The van der Waals surface area contributed by atoms with Gasteiger partial charge >= 0.3 is 0 Å². The molecule has 1 nitrogen and oxygen atoms in total. The molecule has 18 heavy (non-hydrogen) atoms. The van der Waals surface area contributed by atoms with Crippen LogP contribution >= 0.6 is 0 Å². The number of rotatable bonds is 3. The molecule has 2 aromatic rings. The molecule has 98 valence electrons. The Labute approximate surface area is 112 Å². The Morgan fingerprint density at radius 2 is 1.33 bits per heavy atom. The molecule has 0 aliphatic rings. The van der Waals surface area contributed by atoms with Gasteiger partial charge in [0.05, 0.1) is 0 Å². The van der Waals surface area contributed by atoms with E-state index in [1.807, 2.05) is 52.1 Å². The molecule has 0 N–H and O–H groups in total. The first kappa shape index (κ1) is 16.4. The summed E-state index contributed by atoms with van der Waals surface area (Å²) in [5.74, 6) is 0. The lowest BCUT2D eigenvalue weighted by molar-refractivity contribution is 0.914. The SMILES string of the molecule is CC.CC.c1ccc(CCc2ccccn2)cc1. The summed E-state index contributed by atoms with van der Waals surface area (Å²) in [6.07, 6.45) is 3.93. The Bertz CT molecular complexity index is 328. The van der Waals surface area contributed by atoms with Gasteiger partial charge in [0, 0.05) is 11.9 Å². The molecule has 0 saturated carbocycles. The largest absolute Gasteiger partial charge is 0.261 e. The molecule has 1 aromatic carbocycles. The van der Waals surface area contributed by atoms with Crippen LogP contribution in [-0.4, -0.2) is 4.98 Å². The second-order valence-corrected chi connectivity index (χ2v) is 3.31. The second-order valence-electron chi connectivity index (χ2n) is 3.31. The summed E-state index contributed by atoms with van der Waals surface area (Å²) in [5.41, 5.74) is 2.54. The fraction of sp³-hybridized carbons (Fsp3) is 0.353. The number of nitrogens with zero attached hydrogens (tertiary/aromatic N) is 1. The fourth-order valence-corrected chi connectivity index (χ4v) is 1.46. The molecule has 0 aliphatic heterocycles. The van der Waals surface area contributed by atoms with Gasteiger partial charge in [-0.25, -0.2) is 0 Å². The molecule has 0 bridgehead atoms. The Kier molecular flexibility index (Phi) is 10.8. The Hall–Kier alpha value is -1.63. The minimum Gasteiger partial charge on any atom is -0.261 e. The predicted molar refractivity (Wildman–Crippen MR) is 80.8 cm³/mol. The summed E-state index contributed by atoms with van der Waals surface area (Å²) >= 11 is 0. The predicted octanol–water partition coefficient (Wildman–Crippen LogP) is 4.92. The molecule has 0 spiro atoms. The van der Waals surface area contributed by atoms with E-state index in [0.29, 0.717) is 0 Å². The lowest BCUT2D eigenvalue weighted by Gasteiger charge is -2.00. The topological polar surface area (TPSA) is 12.9 Å². The van der Waals surface area contributed by atoms with E-state index < -0.39 is 0 Å². The minimum absolute atomic E-state index is 1.02. The number of hydrogen-bond acceptors (Lipinski definition) is 1. The van der Waals surface area contributed by atoms with Gasteiger partial charge in [0.1, 0.15) is 0 Å². The van der Waals surface area contributed by atoms with Crippen molar-refractivity contribution in [2.75, 3.05) is 0 Å². The molecular weight excluding hydrogens is 218 g/mol. The van der Waals surface area contributed by atoms with Gasteiger partial charge in [-0.05, 0) is 30.5 Å². The highest BCUT2D eigenvalue weighted by atomic mass is 14.7. The zero-order chi connectivity index (χ0) is 13.6. The van der Waals surface area contributed by atoms with Crippen LogP contribution in [0.25, 0.3) is 0 Å². The first-order chi connectivity index (χ1) is 8.95. The number of benzene rings is 1. The maximum absolute atomic E-state index is 4.29. The van der Waals surface area contributed by atoms with E-state index in [-0.39, 0.29) is 0 Å². The molecule has 0 amide bonds. The maximum Gasteiger partial charge on any atom is 0.0406 e. The van der Waals surface area contributed by atoms with Crippen molar-refractivity contribution in [2.45, 2.75) is 40.5 Å². The summed E-state index contributed by atoms with van der Waals surface area (Å²) in [7, 11) is 0. The van der Waals surface area contributed by atoms with Crippen LogP contribution in [0.4, 0.5) is 0 Å². The van der Waals surface area contributed by atoms with Crippen LogP contribution in [0, 0.1) is 0 Å². The highest BCUT2D eigenvalue weighted by Gasteiger charge is 1.94. The molecule has 0 unspecified atom stereocenters. The molecule has 0 saturated heterocycles. The molecule has 2 rings (SSSR count). The first-order valence-corrected chi connectivity index (χ1v) is 6.89. The van der Waals surface area contributed by atoms with Crippen molar-refractivity contribution >= 4 is 0 Å². The lowest BCUT2D eigenvalue weighted by atomic mass is 10.1. The summed E-state index contributed by atoms with van der Waals surface area (Å²) in [6.45, 7) is 8.00. The first-order valence-electron chi connectivity index (χ1n) is 6.89. The van der Waals surface area contributed by atoms with E-state index in [1.165, 1.54) is 5.56 Å². The number of aryl methyl sites for hydroxylation is 2. The molecule has 1 heteroatoms. The van der Waals surface area contributed by atoms with E-state index in [0.717, 1.165) is 18.5 Å². The zero-order valence-electron chi connectivity index (χ0n) is 12.1. The smallest absolute Gasteiger partial charge is 0.0406 e. The van der Waals surface area contributed by atoms with Crippen LogP contribution in [0.1, 0.15) is 39.0 Å². The Morgan fingerprint density at radius 1 is 0.722 bits per heavy atom. The molecule has 1 aromatic heterocycles. The third-order valence-corrected chi connectivity index (χ3v) is 2.24. The van der Waals surface area contributed by atoms with Gasteiger partial charge in [0.2, 0.25) is 0 Å². The van der Waals surface area contributed by atoms with E-state index in [2.05, 4.69) is 35.3 Å². The Balaban J connectivity index is 0.000000659. The van der Waals surface area contributed by atoms with Crippen LogP contribution in [0.15, 0.2) is 54.7 Å².